The standard InChI is InChI=1S/C17H30N2O/c1-2-4-12-5-3-9-19(10-8-12)17(20)15-13-6-7-14(11-13)16(15)18/h12-16H,2-11,18H2,1H3. The summed E-state index contributed by atoms with van der Waals surface area (Å²) >= 11 is 0. The maximum atomic E-state index is 12.9. The van der Waals surface area contributed by atoms with Gasteiger partial charge in [0.1, 0.15) is 0 Å². The summed E-state index contributed by atoms with van der Waals surface area (Å²) in [6, 6.07) is 0.149. The molecule has 2 saturated carbocycles. The van der Waals surface area contributed by atoms with Crippen LogP contribution in [0.25, 0.3) is 0 Å². The molecular weight excluding hydrogens is 248 g/mol. The lowest BCUT2D eigenvalue weighted by molar-refractivity contribution is -0.137. The second-order valence-electron chi connectivity index (χ2n) is 7.35. The van der Waals surface area contributed by atoms with Crippen LogP contribution in [-0.4, -0.2) is 29.9 Å². The van der Waals surface area contributed by atoms with E-state index in [2.05, 4.69) is 11.8 Å². The van der Waals surface area contributed by atoms with E-state index < -0.39 is 0 Å². The number of likely N-dealkylation sites (tertiary alicyclic amines) is 1. The first-order chi connectivity index (χ1) is 9.70. The largest absolute Gasteiger partial charge is 0.342 e. The molecule has 0 radical (unpaired) electrons. The molecule has 2 bridgehead atoms. The van der Waals surface area contributed by atoms with Crippen molar-refractivity contribution < 1.29 is 4.79 Å². The normalized spacial score (nSPS) is 40.9. The van der Waals surface area contributed by atoms with E-state index in [0.29, 0.717) is 17.7 Å². The highest BCUT2D eigenvalue weighted by atomic mass is 16.2. The number of fused-ring (bicyclic) bond motifs is 2. The minimum absolute atomic E-state index is 0.149. The number of hydrogen-bond acceptors (Lipinski definition) is 2. The zero-order chi connectivity index (χ0) is 14.1. The van der Waals surface area contributed by atoms with Crippen molar-refractivity contribution in [2.75, 3.05) is 13.1 Å². The number of hydrogen-bond donors (Lipinski definition) is 1. The monoisotopic (exact) mass is 278 g/mol. The van der Waals surface area contributed by atoms with Crippen LogP contribution >= 0.6 is 0 Å². The van der Waals surface area contributed by atoms with E-state index >= 15 is 0 Å². The molecule has 3 heteroatoms. The highest BCUT2D eigenvalue weighted by Gasteiger charge is 2.50. The van der Waals surface area contributed by atoms with E-state index in [-0.39, 0.29) is 12.0 Å². The second-order valence-corrected chi connectivity index (χ2v) is 7.35. The lowest BCUT2D eigenvalue weighted by Gasteiger charge is -2.32. The van der Waals surface area contributed by atoms with Gasteiger partial charge in [-0.3, -0.25) is 4.79 Å². The maximum absolute atomic E-state index is 12.9. The molecule has 0 aromatic heterocycles. The molecule has 0 aromatic rings. The molecule has 3 nitrogen and oxygen atoms in total. The van der Waals surface area contributed by atoms with Gasteiger partial charge in [0, 0.05) is 19.1 Å². The number of carbonyl (C=O) groups excluding carboxylic acids is 1. The smallest absolute Gasteiger partial charge is 0.227 e. The second kappa shape index (κ2) is 6.05. The van der Waals surface area contributed by atoms with E-state index in [9.17, 15) is 4.79 Å². The molecule has 114 valence electrons. The molecule has 3 rings (SSSR count). The Hall–Kier alpha value is -0.570. The third kappa shape index (κ3) is 2.61. The molecule has 3 aliphatic rings. The fourth-order valence-corrected chi connectivity index (χ4v) is 5.00. The van der Waals surface area contributed by atoms with E-state index in [0.717, 1.165) is 19.0 Å². The Morgan fingerprint density at radius 1 is 1.15 bits per heavy atom. The van der Waals surface area contributed by atoms with Gasteiger partial charge in [-0.15, -0.1) is 0 Å². The molecular formula is C17H30N2O. The molecule has 1 saturated heterocycles. The van der Waals surface area contributed by atoms with Crippen LogP contribution in [0.15, 0.2) is 0 Å². The Morgan fingerprint density at radius 3 is 2.65 bits per heavy atom. The van der Waals surface area contributed by atoms with Crippen LogP contribution in [0.1, 0.15) is 58.3 Å². The average molecular weight is 278 g/mol. The molecule has 1 aliphatic heterocycles. The summed E-state index contributed by atoms with van der Waals surface area (Å²) < 4.78 is 0. The molecule has 0 aromatic carbocycles. The summed E-state index contributed by atoms with van der Waals surface area (Å²) in [4.78, 5) is 15.0. The molecule has 1 amide bonds. The molecule has 5 unspecified atom stereocenters. The summed E-state index contributed by atoms with van der Waals surface area (Å²) in [6.07, 6.45) is 10.0. The van der Waals surface area contributed by atoms with Crippen molar-refractivity contribution in [1.82, 2.24) is 4.90 Å². The Morgan fingerprint density at radius 2 is 1.95 bits per heavy atom. The summed E-state index contributed by atoms with van der Waals surface area (Å²) in [7, 11) is 0. The quantitative estimate of drug-likeness (QED) is 0.863. The summed E-state index contributed by atoms with van der Waals surface area (Å²) in [6.45, 7) is 4.21. The predicted octanol–water partition coefficient (Wildman–Crippen LogP) is 2.79. The Bertz CT molecular complexity index is 355. The van der Waals surface area contributed by atoms with Crippen LogP contribution in [0, 0.1) is 23.7 Å². The predicted molar refractivity (Wildman–Crippen MR) is 81.1 cm³/mol. The molecule has 1 heterocycles. The molecule has 20 heavy (non-hydrogen) atoms. The van der Waals surface area contributed by atoms with Gasteiger partial charge in [-0.2, -0.15) is 0 Å². The number of rotatable bonds is 3. The minimum Gasteiger partial charge on any atom is -0.342 e. The topological polar surface area (TPSA) is 46.3 Å². The first-order valence-electron chi connectivity index (χ1n) is 8.75. The van der Waals surface area contributed by atoms with Crippen molar-refractivity contribution >= 4 is 5.91 Å². The first-order valence-corrected chi connectivity index (χ1v) is 8.75. The molecule has 3 fully saturated rings. The Kier molecular flexibility index (Phi) is 4.34. The third-order valence-electron chi connectivity index (χ3n) is 6.12. The highest BCUT2D eigenvalue weighted by Crippen LogP contribution is 2.48. The van der Waals surface area contributed by atoms with Crippen molar-refractivity contribution in [3.63, 3.8) is 0 Å². The maximum Gasteiger partial charge on any atom is 0.227 e. The van der Waals surface area contributed by atoms with Crippen molar-refractivity contribution in [3.05, 3.63) is 0 Å². The van der Waals surface area contributed by atoms with Crippen molar-refractivity contribution in [1.29, 1.82) is 0 Å². The van der Waals surface area contributed by atoms with Gasteiger partial charge in [0.05, 0.1) is 5.92 Å². The third-order valence-corrected chi connectivity index (χ3v) is 6.12. The van der Waals surface area contributed by atoms with Crippen molar-refractivity contribution in [2.45, 2.75) is 64.3 Å². The minimum atomic E-state index is 0.149. The van der Waals surface area contributed by atoms with Gasteiger partial charge >= 0.3 is 0 Å². The first kappa shape index (κ1) is 14.4. The molecule has 2 aliphatic carbocycles. The zero-order valence-electron chi connectivity index (χ0n) is 12.9. The Balaban J connectivity index is 1.60. The molecule has 2 N–H and O–H groups in total. The van der Waals surface area contributed by atoms with Gasteiger partial charge in [0.2, 0.25) is 5.91 Å². The fraction of sp³-hybridized carbons (Fsp3) is 0.941. The van der Waals surface area contributed by atoms with Crippen LogP contribution in [0.4, 0.5) is 0 Å². The van der Waals surface area contributed by atoms with Gasteiger partial charge in [0.25, 0.3) is 0 Å². The highest BCUT2D eigenvalue weighted by molar-refractivity contribution is 5.80. The number of nitrogens with zero attached hydrogens (tertiary/aromatic N) is 1. The zero-order valence-corrected chi connectivity index (χ0v) is 12.9. The Labute approximate surface area is 123 Å². The van der Waals surface area contributed by atoms with E-state index in [1.165, 1.54) is 51.4 Å². The SMILES string of the molecule is CCCC1CCCN(C(=O)C2C3CCC(C3)C2N)CC1. The van der Waals surface area contributed by atoms with Gasteiger partial charge in [-0.1, -0.05) is 19.8 Å². The summed E-state index contributed by atoms with van der Waals surface area (Å²) in [5.41, 5.74) is 6.34. The van der Waals surface area contributed by atoms with Crippen LogP contribution in [-0.2, 0) is 4.79 Å². The van der Waals surface area contributed by atoms with Gasteiger partial charge in [0.15, 0.2) is 0 Å². The van der Waals surface area contributed by atoms with E-state index in [4.69, 9.17) is 5.73 Å². The van der Waals surface area contributed by atoms with Gasteiger partial charge < -0.3 is 10.6 Å². The van der Waals surface area contributed by atoms with Crippen LogP contribution < -0.4 is 5.73 Å². The average Bonchev–Trinajstić information content (AvgIpc) is 2.94. The summed E-state index contributed by atoms with van der Waals surface area (Å²) in [5, 5.41) is 0. The fourth-order valence-electron chi connectivity index (χ4n) is 5.00. The molecule has 0 spiro atoms. The number of carbonyl (C=O) groups is 1. The van der Waals surface area contributed by atoms with E-state index in [1.807, 2.05) is 0 Å². The van der Waals surface area contributed by atoms with Gasteiger partial charge in [-0.05, 0) is 56.3 Å². The number of amides is 1. The van der Waals surface area contributed by atoms with Gasteiger partial charge in [-0.25, -0.2) is 0 Å². The molecule has 5 atom stereocenters. The van der Waals surface area contributed by atoms with Crippen LogP contribution in [0.2, 0.25) is 0 Å². The number of nitrogens with two attached hydrogens (primary N) is 1. The van der Waals surface area contributed by atoms with Crippen LogP contribution in [0.5, 0.6) is 0 Å². The lowest BCUT2D eigenvalue weighted by Crippen LogP contribution is -2.47. The van der Waals surface area contributed by atoms with Crippen LogP contribution in [0.3, 0.4) is 0 Å². The van der Waals surface area contributed by atoms with Crippen molar-refractivity contribution in [2.24, 2.45) is 29.4 Å². The van der Waals surface area contributed by atoms with Crippen molar-refractivity contribution in [3.8, 4) is 0 Å². The van der Waals surface area contributed by atoms with E-state index in [1.54, 1.807) is 0 Å². The lowest BCUT2D eigenvalue weighted by atomic mass is 9.84. The summed E-state index contributed by atoms with van der Waals surface area (Å²) in [5.74, 6) is 2.61.